The third-order valence-corrected chi connectivity index (χ3v) is 5.94. The van der Waals surface area contributed by atoms with E-state index in [9.17, 15) is 9.59 Å². The summed E-state index contributed by atoms with van der Waals surface area (Å²) < 4.78 is 0. The van der Waals surface area contributed by atoms with Gasteiger partial charge in [-0.05, 0) is 56.9 Å². The van der Waals surface area contributed by atoms with E-state index in [1.807, 2.05) is 18.5 Å². The number of pyridine rings is 1. The molecule has 0 unspecified atom stereocenters. The second-order valence-corrected chi connectivity index (χ2v) is 8.21. The summed E-state index contributed by atoms with van der Waals surface area (Å²) in [6.07, 6.45) is 8.02. The van der Waals surface area contributed by atoms with Crippen molar-refractivity contribution < 1.29 is 9.59 Å². The van der Waals surface area contributed by atoms with Crippen LogP contribution in [-0.2, 0) is 16.1 Å². The van der Waals surface area contributed by atoms with Crippen LogP contribution in [0.15, 0.2) is 24.5 Å². The molecular weight excluding hydrogens is 354 g/mol. The van der Waals surface area contributed by atoms with E-state index >= 15 is 0 Å². The van der Waals surface area contributed by atoms with E-state index in [0.29, 0.717) is 6.04 Å². The minimum absolute atomic E-state index is 0.00265. The molecule has 2 fully saturated rings. The Morgan fingerprint density at radius 3 is 2.68 bits per heavy atom. The molecular formula is C21H33N5O2. The van der Waals surface area contributed by atoms with Gasteiger partial charge in [0, 0.05) is 45.6 Å². The van der Waals surface area contributed by atoms with Gasteiger partial charge in [0.1, 0.15) is 0 Å². The van der Waals surface area contributed by atoms with E-state index in [1.54, 1.807) is 14.1 Å². The smallest absolute Gasteiger partial charge is 0.241 e. The van der Waals surface area contributed by atoms with E-state index < -0.39 is 0 Å². The molecule has 154 valence electrons. The predicted molar refractivity (Wildman–Crippen MR) is 109 cm³/mol. The summed E-state index contributed by atoms with van der Waals surface area (Å²) in [4.78, 5) is 34.9. The largest absolute Gasteiger partial charge is 0.347 e. The minimum atomic E-state index is -0.0676. The standard InChI is InChI=1S/C21H33N5O2/c1-24(2)20(27)14-23-21(28)18-6-4-10-26(16-18)19-7-11-25(12-8-19)15-17-5-3-9-22-13-17/h3,5,9,13,18-19H,4,6-8,10-12,14-16H2,1-2H3,(H,23,28)/t18-/m1/s1. The van der Waals surface area contributed by atoms with Crippen molar-refractivity contribution in [3.8, 4) is 0 Å². The summed E-state index contributed by atoms with van der Waals surface area (Å²) in [5.74, 6) is -0.0481. The number of carbonyl (C=O) groups is 2. The van der Waals surface area contributed by atoms with E-state index in [2.05, 4.69) is 26.2 Å². The van der Waals surface area contributed by atoms with Crippen molar-refractivity contribution in [3.63, 3.8) is 0 Å². The first kappa shape index (κ1) is 20.7. The van der Waals surface area contributed by atoms with Gasteiger partial charge in [0.25, 0.3) is 0 Å². The Balaban J connectivity index is 1.43. The first-order valence-electron chi connectivity index (χ1n) is 10.4. The molecule has 1 aromatic rings. The summed E-state index contributed by atoms with van der Waals surface area (Å²) in [6, 6.07) is 4.69. The van der Waals surface area contributed by atoms with Crippen LogP contribution in [0, 0.1) is 5.92 Å². The molecule has 3 heterocycles. The zero-order valence-corrected chi connectivity index (χ0v) is 17.1. The van der Waals surface area contributed by atoms with Gasteiger partial charge in [0.15, 0.2) is 0 Å². The third kappa shape index (κ3) is 5.75. The Hall–Kier alpha value is -1.99. The SMILES string of the molecule is CN(C)C(=O)CNC(=O)[C@@H]1CCCN(C2CCN(Cc3cccnc3)CC2)C1. The lowest BCUT2D eigenvalue weighted by atomic mass is 9.93. The highest BCUT2D eigenvalue weighted by atomic mass is 16.2. The molecule has 2 amide bonds. The van der Waals surface area contributed by atoms with E-state index in [4.69, 9.17) is 0 Å². The van der Waals surface area contributed by atoms with Crippen molar-refractivity contribution in [2.24, 2.45) is 5.92 Å². The minimum Gasteiger partial charge on any atom is -0.347 e. The molecule has 0 spiro atoms. The maximum Gasteiger partial charge on any atom is 0.241 e. The van der Waals surface area contributed by atoms with Gasteiger partial charge in [-0.2, -0.15) is 0 Å². The van der Waals surface area contributed by atoms with Crippen LogP contribution >= 0.6 is 0 Å². The zero-order chi connectivity index (χ0) is 19.9. The van der Waals surface area contributed by atoms with Crippen LogP contribution in [0.4, 0.5) is 0 Å². The van der Waals surface area contributed by atoms with Gasteiger partial charge in [0.2, 0.25) is 11.8 Å². The number of likely N-dealkylation sites (tertiary alicyclic amines) is 2. The van der Waals surface area contributed by atoms with Crippen LogP contribution in [0.25, 0.3) is 0 Å². The fraction of sp³-hybridized carbons (Fsp3) is 0.667. The molecule has 0 aliphatic carbocycles. The predicted octanol–water partition coefficient (Wildman–Crippen LogP) is 0.962. The quantitative estimate of drug-likeness (QED) is 0.788. The van der Waals surface area contributed by atoms with Gasteiger partial charge in [-0.1, -0.05) is 6.07 Å². The monoisotopic (exact) mass is 387 g/mol. The third-order valence-electron chi connectivity index (χ3n) is 5.94. The van der Waals surface area contributed by atoms with Crippen molar-refractivity contribution in [1.82, 2.24) is 25.0 Å². The molecule has 7 heteroatoms. The van der Waals surface area contributed by atoms with Crippen molar-refractivity contribution in [1.29, 1.82) is 0 Å². The highest BCUT2D eigenvalue weighted by Crippen LogP contribution is 2.24. The van der Waals surface area contributed by atoms with Crippen molar-refractivity contribution in [2.75, 3.05) is 46.8 Å². The number of aromatic nitrogens is 1. The molecule has 1 N–H and O–H groups in total. The van der Waals surface area contributed by atoms with E-state index in [-0.39, 0.29) is 24.3 Å². The Morgan fingerprint density at radius 2 is 2.00 bits per heavy atom. The van der Waals surface area contributed by atoms with Crippen LogP contribution in [0.2, 0.25) is 0 Å². The van der Waals surface area contributed by atoms with Crippen LogP contribution in [0.1, 0.15) is 31.2 Å². The summed E-state index contributed by atoms with van der Waals surface area (Å²) in [5.41, 5.74) is 1.27. The van der Waals surface area contributed by atoms with Gasteiger partial charge in [-0.3, -0.25) is 24.4 Å². The number of carbonyl (C=O) groups excluding carboxylic acids is 2. The maximum absolute atomic E-state index is 12.5. The first-order chi connectivity index (χ1) is 13.5. The second kappa shape index (κ2) is 9.98. The van der Waals surface area contributed by atoms with Crippen LogP contribution in [0.3, 0.4) is 0 Å². The van der Waals surface area contributed by atoms with Crippen LogP contribution < -0.4 is 5.32 Å². The van der Waals surface area contributed by atoms with E-state index in [1.165, 1.54) is 10.5 Å². The summed E-state index contributed by atoms with van der Waals surface area (Å²) in [6.45, 7) is 5.12. The Morgan fingerprint density at radius 1 is 1.21 bits per heavy atom. The molecule has 2 aliphatic rings. The number of hydrogen-bond donors (Lipinski definition) is 1. The maximum atomic E-state index is 12.5. The number of likely N-dealkylation sites (N-methyl/N-ethyl adjacent to an activating group) is 1. The molecule has 0 aromatic carbocycles. The number of rotatable bonds is 6. The van der Waals surface area contributed by atoms with Gasteiger partial charge >= 0.3 is 0 Å². The summed E-state index contributed by atoms with van der Waals surface area (Å²) in [5, 5.41) is 2.82. The zero-order valence-electron chi connectivity index (χ0n) is 17.1. The fourth-order valence-corrected chi connectivity index (χ4v) is 4.21. The number of nitrogens with zero attached hydrogens (tertiary/aromatic N) is 4. The van der Waals surface area contributed by atoms with Crippen molar-refractivity contribution in [3.05, 3.63) is 30.1 Å². The second-order valence-electron chi connectivity index (χ2n) is 8.21. The molecule has 0 saturated carbocycles. The molecule has 1 atom stereocenters. The molecule has 3 rings (SSSR count). The highest BCUT2D eigenvalue weighted by molar-refractivity contribution is 5.85. The van der Waals surface area contributed by atoms with Crippen molar-refractivity contribution >= 4 is 11.8 Å². The lowest BCUT2D eigenvalue weighted by Crippen LogP contribution is -2.51. The number of hydrogen-bond acceptors (Lipinski definition) is 5. The van der Waals surface area contributed by atoms with Gasteiger partial charge in [-0.15, -0.1) is 0 Å². The topological polar surface area (TPSA) is 68.8 Å². The molecule has 2 saturated heterocycles. The molecule has 1 aromatic heterocycles. The lowest BCUT2D eigenvalue weighted by molar-refractivity contribution is -0.133. The average molecular weight is 388 g/mol. The Labute approximate surface area is 168 Å². The van der Waals surface area contributed by atoms with Gasteiger partial charge in [-0.25, -0.2) is 0 Å². The first-order valence-corrected chi connectivity index (χ1v) is 10.4. The number of nitrogens with one attached hydrogen (secondary N) is 1. The number of amides is 2. The summed E-state index contributed by atoms with van der Waals surface area (Å²) in [7, 11) is 3.41. The lowest BCUT2D eigenvalue weighted by Gasteiger charge is -2.42. The van der Waals surface area contributed by atoms with Crippen LogP contribution in [0.5, 0.6) is 0 Å². The molecule has 28 heavy (non-hydrogen) atoms. The molecule has 2 aliphatic heterocycles. The van der Waals surface area contributed by atoms with Crippen molar-refractivity contribution in [2.45, 2.75) is 38.3 Å². The highest BCUT2D eigenvalue weighted by Gasteiger charge is 2.31. The fourth-order valence-electron chi connectivity index (χ4n) is 4.21. The molecule has 0 bridgehead atoms. The summed E-state index contributed by atoms with van der Waals surface area (Å²) >= 11 is 0. The molecule has 7 nitrogen and oxygen atoms in total. The average Bonchev–Trinajstić information content (AvgIpc) is 2.73. The van der Waals surface area contributed by atoms with Gasteiger partial charge < -0.3 is 10.2 Å². The normalized spacial score (nSPS) is 22.0. The Kier molecular flexibility index (Phi) is 7.39. The van der Waals surface area contributed by atoms with Gasteiger partial charge in [0.05, 0.1) is 12.5 Å². The van der Waals surface area contributed by atoms with E-state index in [0.717, 1.165) is 58.4 Å². The Bertz CT molecular complexity index is 643. The molecule has 0 radical (unpaired) electrons. The number of piperidine rings is 2. The van der Waals surface area contributed by atoms with Crippen LogP contribution in [-0.4, -0.2) is 84.4 Å².